The highest BCUT2D eigenvalue weighted by Crippen LogP contribution is 2.63. The van der Waals surface area contributed by atoms with Gasteiger partial charge in [-0.15, -0.1) is 0 Å². The van der Waals surface area contributed by atoms with Crippen LogP contribution >= 0.6 is 0 Å². The molecule has 9 aromatic rings. The number of aromatic nitrogens is 1. The molecule has 0 amide bonds. The predicted molar refractivity (Wildman–Crippen MR) is 275 cm³/mol. The lowest BCUT2D eigenvalue weighted by Crippen LogP contribution is -2.60. The van der Waals surface area contributed by atoms with Gasteiger partial charge in [0.25, 0.3) is 0 Å². The first-order valence-electron chi connectivity index (χ1n) is 24.3. The summed E-state index contributed by atoms with van der Waals surface area (Å²) >= 11 is 0. The Bertz CT molecular complexity index is 3590. The molecule has 1 saturated carbocycles. The van der Waals surface area contributed by atoms with Crippen LogP contribution in [0.2, 0.25) is 0 Å². The molecule has 0 bridgehead atoms. The SMILES string of the molecule is Cc1ccc(N2B3c4cc(C)ccc4-n4c5ccccc5c5c(N6c7ccccc7C7(C)CCCCC67C)cc(c3c54)-c3cc4oc5cc6c(cc5c4cc32)C(C)(C)CCC6(C)C)cc1. The molecule has 0 radical (unpaired) electrons. The lowest BCUT2D eigenvalue weighted by atomic mass is 9.43. The Morgan fingerprint density at radius 1 is 0.538 bits per heavy atom. The Labute approximate surface area is 383 Å². The van der Waals surface area contributed by atoms with Crippen molar-refractivity contribution in [2.45, 2.75) is 116 Å². The predicted octanol–water partition coefficient (Wildman–Crippen LogP) is 14.6. The molecule has 2 atom stereocenters. The minimum Gasteiger partial charge on any atom is -0.456 e. The molecule has 5 heteroatoms. The first-order chi connectivity index (χ1) is 31.3. The molecular weight excluding hydrogens is 789 g/mol. The molecule has 1 fully saturated rings. The molecule has 2 aliphatic carbocycles. The van der Waals surface area contributed by atoms with Crippen LogP contribution in [0.1, 0.15) is 108 Å². The van der Waals surface area contributed by atoms with Gasteiger partial charge in [-0.3, -0.25) is 0 Å². The van der Waals surface area contributed by atoms with Crippen molar-refractivity contribution < 1.29 is 4.42 Å². The monoisotopic (exact) mass is 845 g/mol. The number of rotatable bonds is 2. The van der Waals surface area contributed by atoms with Crippen molar-refractivity contribution in [3.63, 3.8) is 0 Å². The van der Waals surface area contributed by atoms with Gasteiger partial charge < -0.3 is 18.7 Å². The highest BCUT2D eigenvalue weighted by atomic mass is 16.3. The largest absolute Gasteiger partial charge is 0.456 e. The van der Waals surface area contributed by atoms with Gasteiger partial charge in [-0.1, -0.05) is 119 Å². The maximum atomic E-state index is 7.13. The molecule has 5 aliphatic rings. The lowest BCUT2D eigenvalue weighted by Gasteiger charge is -2.51. The first kappa shape index (κ1) is 38.1. The van der Waals surface area contributed by atoms with E-state index < -0.39 is 0 Å². The third kappa shape index (κ3) is 4.70. The molecule has 0 saturated heterocycles. The molecule has 2 unspecified atom stereocenters. The van der Waals surface area contributed by atoms with Crippen LogP contribution in [0.4, 0.5) is 22.7 Å². The molecule has 14 rings (SSSR count). The van der Waals surface area contributed by atoms with Crippen LogP contribution in [-0.2, 0) is 16.2 Å². The quantitative estimate of drug-likeness (QED) is 0.162. The Morgan fingerprint density at radius 3 is 2.05 bits per heavy atom. The zero-order valence-electron chi connectivity index (χ0n) is 39.1. The van der Waals surface area contributed by atoms with Gasteiger partial charge in [0.15, 0.2) is 0 Å². The van der Waals surface area contributed by atoms with E-state index in [4.69, 9.17) is 4.42 Å². The standard InChI is InChI=1S/C60H56BN3O/c1-35-19-22-37(23-20-35)64-50-31-41-40-30-44-45(58(5,6)28-27-57(44,3)4)34-53(40)65-52(41)33-39(50)42-32-51(63-48-18-12-10-16-43(48)59(7)25-13-14-26-60(59,63)8)54-38-15-9-11-17-47(38)62-49-24-21-36(2)29-46(49)61(64)55(42)56(54)62/h9-12,15-24,29-34H,13-14,25-28H2,1-8H3. The second kappa shape index (κ2) is 12.4. The molecule has 2 aromatic heterocycles. The molecule has 0 N–H and O–H groups in total. The van der Waals surface area contributed by atoms with E-state index in [0.717, 1.165) is 17.6 Å². The Kier molecular flexibility index (Phi) is 7.25. The fourth-order valence-electron chi connectivity index (χ4n) is 14.1. The summed E-state index contributed by atoms with van der Waals surface area (Å²) in [6.45, 7) is 19.2. The molecule has 65 heavy (non-hydrogen) atoms. The van der Waals surface area contributed by atoms with Crippen LogP contribution in [0, 0.1) is 13.8 Å². The van der Waals surface area contributed by atoms with Crippen molar-refractivity contribution >= 4 is 84.3 Å². The van der Waals surface area contributed by atoms with Gasteiger partial charge in [-0.25, -0.2) is 0 Å². The number of fused-ring (bicyclic) bond motifs is 15. The minimum atomic E-state index is -0.105. The van der Waals surface area contributed by atoms with Gasteiger partial charge in [0, 0.05) is 55.3 Å². The number of para-hydroxylation sites is 2. The Balaban J connectivity index is 1.16. The highest BCUT2D eigenvalue weighted by Gasteiger charge is 2.58. The van der Waals surface area contributed by atoms with E-state index in [-0.39, 0.29) is 28.6 Å². The average molecular weight is 846 g/mol. The number of hydrogen-bond acceptors (Lipinski definition) is 3. The van der Waals surface area contributed by atoms with Crippen molar-refractivity contribution in [2.75, 3.05) is 9.71 Å². The van der Waals surface area contributed by atoms with E-state index in [0.29, 0.717) is 0 Å². The molecular formula is C60H56BN3O. The number of aryl methyl sites for hydroxylation is 2. The summed E-state index contributed by atoms with van der Waals surface area (Å²) in [6, 6.07) is 47.5. The van der Waals surface area contributed by atoms with Crippen LogP contribution in [0.15, 0.2) is 126 Å². The Morgan fingerprint density at radius 2 is 1.23 bits per heavy atom. The van der Waals surface area contributed by atoms with Gasteiger partial charge in [-0.05, 0) is 151 Å². The highest BCUT2D eigenvalue weighted by molar-refractivity contribution is 6.93. The zero-order valence-corrected chi connectivity index (χ0v) is 39.1. The summed E-state index contributed by atoms with van der Waals surface area (Å²) in [4.78, 5) is 5.51. The van der Waals surface area contributed by atoms with Crippen molar-refractivity contribution in [3.8, 4) is 16.8 Å². The topological polar surface area (TPSA) is 24.6 Å². The van der Waals surface area contributed by atoms with Crippen molar-refractivity contribution in [1.82, 2.24) is 4.57 Å². The van der Waals surface area contributed by atoms with Gasteiger partial charge in [-0.2, -0.15) is 0 Å². The molecule has 0 spiro atoms. The summed E-state index contributed by atoms with van der Waals surface area (Å²) in [6.07, 6.45) is 7.18. The first-order valence-corrected chi connectivity index (χ1v) is 24.3. The minimum absolute atomic E-state index is 0.0229. The number of benzene rings is 7. The third-order valence-electron chi connectivity index (χ3n) is 17.9. The van der Waals surface area contributed by atoms with E-state index in [1.807, 2.05) is 0 Å². The number of nitrogens with zero attached hydrogens (tertiary/aromatic N) is 3. The van der Waals surface area contributed by atoms with Crippen LogP contribution in [0.25, 0.3) is 60.6 Å². The van der Waals surface area contributed by atoms with Gasteiger partial charge in [0.05, 0.1) is 22.3 Å². The fraction of sp³-hybridized carbons (Fsp3) is 0.300. The van der Waals surface area contributed by atoms with E-state index in [1.54, 1.807) is 0 Å². The van der Waals surface area contributed by atoms with E-state index in [9.17, 15) is 0 Å². The summed E-state index contributed by atoms with van der Waals surface area (Å²) in [5.74, 6) is 0. The van der Waals surface area contributed by atoms with Crippen molar-refractivity contribution in [1.29, 1.82) is 0 Å². The maximum Gasteiger partial charge on any atom is 0.333 e. The third-order valence-corrected chi connectivity index (χ3v) is 17.9. The summed E-state index contributed by atoms with van der Waals surface area (Å²) in [5.41, 5.74) is 23.2. The number of furan rings is 1. The van der Waals surface area contributed by atoms with Crippen LogP contribution in [0.5, 0.6) is 0 Å². The summed E-state index contributed by atoms with van der Waals surface area (Å²) in [7, 11) is 0. The summed E-state index contributed by atoms with van der Waals surface area (Å²) in [5, 5.41) is 5.08. The molecule has 4 nitrogen and oxygen atoms in total. The molecule has 7 aromatic carbocycles. The zero-order chi connectivity index (χ0) is 44.1. The van der Waals surface area contributed by atoms with E-state index in [1.165, 1.54) is 143 Å². The molecule has 3 aliphatic heterocycles. The lowest BCUT2D eigenvalue weighted by molar-refractivity contribution is 0.195. The van der Waals surface area contributed by atoms with E-state index in [2.05, 4.69) is 191 Å². The summed E-state index contributed by atoms with van der Waals surface area (Å²) < 4.78 is 9.77. The van der Waals surface area contributed by atoms with Gasteiger partial charge >= 0.3 is 6.85 Å². The van der Waals surface area contributed by atoms with Gasteiger partial charge in [0.2, 0.25) is 0 Å². The van der Waals surface area contributed by atoms with Gasteiger partial charge in [0.1, 0.15) is 11.2 Å². The molecule has 5 heterocycles. The van der Waals surface area contributed by atoms with Crippen LogP contribution in [-0.4, -0.2) is 17.0 Å². The maximum absolute atomic E-state index is 7.13. The normalized spacial score (nSPS) is 22.1. The number of anilines is 4. The molecule has 320 valence electrons. The number of hydrogen-bond donors (Lipinski definition) is 0. The Hall–Kier alpha value is -6.20. The van der Waals surface area contributed by atoms with Crippen molar-refractivity contribution in [2.24, 2.45) is 0 Å². The van der Waals surface area contributed by atoms with Crippen molar-refractivity contribution in [3.05, 3.63) is 149 Å². The van der Waals surface area contributed by atoms with Crippen LogP contribution < -0.4 is 20.6 Å². The second-order valence-electron chi connectivity index (χ2n) is 22.4. The van der Waals surface area contributed by atoms with Crippen LogP contribution in [0.3, 0.4) is 0 Å². The second-order valence-corrected chi connectivity index (χ2v) is 22.4. The average Bonchev–Trinajstić information content (AvgIpc) is 3.90. The van der Waals surface area contributed by atoms with E-state index >= 15 is 0 Å². The smallest absolute Gasteiger partial charge is 0.333 e. The fourth-order valence-corrected chi connectivity index (χ4v) is 14.1.